The summed E-state index contributed by atoms with van der Waals surface area (Å²) in [7, 11) is 1.13. The van der Waals surface area contributed by atoms with Crippen LogP contribution >= 0.6 is 0 Å². The highest BCUT2D eigenvalue weighted by molar-refractivity contribution is 6.00. The summed E-state index contributed by atoms with van der Waals surface area (Å²) in [5.74, 6) is -3.50. The SMILES string of the molecule is COC(=O)C1=CNC(=O)N(C(=O)N[C@@H]2CCN(C3CCC(O)(c4ccc(F)cc4)CC3)C2)C1c1ccc(F)c(F)c1. The van der Waals surface area contributed by atoms with E-state index < -0.39 is 41.3 Å². The van der Waals surface area contributed by atoms with Crippen LogP contribution in [0.5, 0.6) is 0 Å². The van der Waals surface area contributed by atoms with Gasteiger partial charge in [0.25, 0.3) is 0 Å². The van der Waals surface area contributed by atoms with Gasteiger partial charge in [0.15, 0.2) is 11.6 Å². The maximum absolute atomic E-state index is 14.1. The lowest BCUT2D eigenvalue weighted by Crippen LogP contribution is -2.55. The van der Waals surface area contributed by atoms with E-state index in [0.717, 1.165) is 30.3 Å². The Balaban J connectivity index is 1.25. The zero-order chi connectivity index (χ0) is 29.3. The maximum atomic E-state index is 14.1. The number of hydrogen-bond donors (Lipinski definition) is 3. The Bertz CT molecular complexity index is 1360. The first-order valence-corrected chi connectivity index (χ1v) is 13.5. The van der Waals surface area contributed by atoms with Crippen molar-refractivity contribution in [2.24, 2.45) is 0 Å². The largest absolute Gasteiger partial charge is 0.466 e. The summed E-state index contributed by atoms with van der Waals surface area (Å²) in [5.41, 5.74) is -0.426. The molecule has 0 spiro atoms. The molecule has 218 valence electrons. The molecule has 2 aromatic carbocycles. The third-order valence-electron chi connectivity index (χ3n) is 8.25. The lowest BCUT2D eigenvalue weighted by atomic mass is 9.77. The molecule has 1 aliphatic carbocycles. The molecule has 2 atom stereocenters. The van der Waals surface area contributed by atoms with Crippen molar-refractivity contribution in [3.8, 4) is 0 Å². The molecule has 1 saturated carbocycles. The Morgan fingerprint density at radius 1 is 1.05 bits per heavy atom. The van der Waals surface area contributed by atoms with Gasteiger partial charge in [0.2, 0.25) is 0 Å². The number of imide groups is 1. The number of urea groups is 2. The second kappa shape index (κ2) is 11.5. The topological polar surface area (TPSA) is 111 Å². The zero-order valence-electron chi connectivity index (χ0n) is 22.4. The van der Waals surface area contributed by atoms with Gasteiger partial charge < -0.3 is 20.5 Å². The highest BCUT2D eigenvalue weighted by Gasteiger charge is 2.42. The van der Waals surface area contributed by atoms with Crippen LogP contribution in [0.2, 0.25) is 0 Å². The number of likely N-dealkylation sites (tertiary alicyclic amines) is 1. The van der Waals surface area contributed by atoms with E-state index in [0.29, 0.717) is 50.8 Å². The molecule has 2 aromatic rings. The molecule has 12 heteroatoms. The molecule has 0 aromatic heterocycles. The number of rotatable bonds is 5. The third kappa shape index (κ3) is 5.80. The molecule has 1 unspecified atom stereocenters. The van der Waals surface area contributed by atoms with Gasteiger partial charge in [-0.25, -0.2) is 32.5 Å². The van der Waals surface area contributed by atoms with Crippen molar-refractivity contribution in [1.82, 2.24) is 20.4 Å². The van der Waals surface area contributed by atoms with Crippen LogP contribution < -0.4 is 10.6 Å². The third-order valence-corrected chi connectivity index (χ3v) is 8.25. The second-order valence-corrected chi connectivity index (χ2v) is 10.7. The van der Waals surface area contributed by atoms with Crippen LogP contribution in [0.4, 0.5) is 22.8 Å². The van der Waals surface area contributed by atoms with Crippen LogP contribution in [0.3, 0.4) is 0 Å². The number of aliphatic hydroxyl groups is 1. The van der Waals surface area contributed by atoms with Crippen LogP contribution in [-0.2, 0) is 15.1 Å². The van der Waals surface area contributed by atoms with E-state index in [1.54, 1.807) is 12.1 Å². The lowest BCUT2D eigenvalue weighted by molar-refractivity contribution is -0.136. The summed E-state index contributed by atoms with van der Waals surface area (Å²) >= 11 is 0. The van der Waals surface area contributed by atoms with Crippen molar-refractivity contribution < 1.29 is 37.4 Å². The Labute approximate surface area is 234 Å². The van der Waals surface area contributed by atoms with E-state index >= 15 is 0 Å². The van der Waals surface area contributed by atoms with E-state index in [1.165, 1.54) is 18.2 Å². The Morgan fingerprint density at radius 2 is 1.76 bits per heavy atom. The van der Waals surface area contributed by atoms with Gasteiger partial charge in [0, 0.05) is 31.4 Å². The fourth-order valence-corrected chi connectivity index (χ4v) is 6.03. The van der Waals surface area contributed by atoms with E-state index in [4.69, 9.17) is 4.74 Å². The number of esters is 1. The number of halogens is 3. The summed E-state index contributed by atoms with van der Waals surface area (Å²) in [5, 5.41) is 16.3. The number of methoxy groups -OCH3 is 1. The van der Waals surface area contributed by atoms with Crippen LogP contribution in [0, 0.1) is 17.5 Å². The van der Waals surface area contributed by atoms with Gasteiger partial charge in [-0.3, -0.25) is 4.90 Å². The Kier molecular flexibility index (Phi) is 8.05. The molecule has 2 aliphatic heterocycles. The van der Waals surface area contributed by atoms with Crippen LogP contribution in [-0.4, -0.2) is 65.2 Å². The van der Waals surface area contributed by atoms with Gasteiger partial charge in [-0.2, -0.15) is 0 Å². The fourth-order valence-electron chi connectivity index (χ4n) is 6.03. The van der Waals surface area contributed by atoms with Gasteiger partial charge in [-0.1, -0.05) is 18.2 Å². The fraction of sp³-hybridized carbons (Fsp3) is 0.414. The van der Waals surface area contributed by atoms with Crippen molar-refractivity contribution in [2.45, 2.75) is 55.8 Å². The molecule has 41 heavy (non-hydrogen) atoms. The van der Waals surface area contributed by atoms with Crippen molar-refractivity contribution in [3.05, 3.63) is 82.8 Å². The molecule has 2 fully saturated rings. The highest BCUT2D eigenvalue weighted by atomic mass is 19.2. The molecular formula is C29H31F3N4O5. The standard InChI is InChI=1S/C29H31F3N4O5/c1-41-26(37)22-15-33-27(38)36(25(22)17-2-7-23(31)24(32)14-17)28(39)34-20-10-13-35(16-20)21-8-11-29(40,12-9-21)18-3-5-19(30)6-4-18/h2-7,14-15,20-21,25,40H,8-13,16H2,1H3,(H,33,38)(H,34,39)/t20-,21?,25?,29?/m1/s1. The predicted molar refractivity (Wildman–Crippen MR) is 141 cm³/mol. The molecule has 3 aliphatic rings. The minimum Gasteiger partial charge on any atom is -0.466 e. The molecule has 0 bridgehead atoms. The lowest BCUT2D eigenvalue weighted by Gasteiger charge is -2.40. The van der Waals surface area contributed by atoms with E-state index in [2.05, 4.69) is 15.5 Å². The number of benzene rings is 2. The van der Waals surface area contributed by atoms with Gasteiger partial charge in [0.1, 0.15) is 11.9 Å². The predicted octanol–water partition coefficient (Wildman–Crippen LogP) is 3.84. The number of carbonyl (C=O) groups is 3. The monoisotopic (exact) mass is 572 g/mol. The number of nitrogens with zero attached hydrogens (tertiary/aromatic N) is 2. The molecule has 9 nitrogen and oxygen atoms in total. The molecule has 5 rings (SSSR count). The molecule has 1 saturated heterocycles. The molecule has 2 heterocycles. The second-order valence-electron chi connectivity index (χ2n) is 10.7. The quantitative estimate of drug-likeness (QED) is 0.470. The zero-order valence-corrected chi connectivity index (χ0v) is 22.4. The smallest absolute Gasteiger partial charge is 0.337 e. The van der Waals surface area contributed by atoms with Crippen LogP contribution in [0.1, 0.15) is 49.3 Å². The average molecular weight is 573 g/mol. The number of carbonyl (C=O) groups excluding carboxylic acids is 3. The van der Waals surface area contributed by atoms with Gasteiger partial charge in [0.05, 0.1) is 18.3 Å². The van der Waals surface area contributed by atoms with E-state index in [1.807, 2.05) is 0 Å². The molecule has 0 radical (unpaired) electrons. The van der Waals surface area contributed by atoms with Crippen molar-refractivity contribution in [1.29, 1.82) is 0 Å². The van der Waals surface area contributed by atoms with Gasteiger partial charge in [-0.15, -0.1) is 0 Å². The number of ether oxygens (including phenoxy) is 1. The van der Waals surface area contributed by atoms with Gasteiger partial charge in [-0.05, 0) is 67.5 Å². The summed E-state index contributed by atoms with van der Waals surface area (Å²) in [4.78, 5) is 41.8. The maximum Gasteiger partial charge on any atom is 0.337 e. The molecular weight excluding hydrogens is 541 g/mol. The summed E-state index contributed by atoms with van der Waals surface area (Å²) in [6.45, 7) is 1.20. The van der Waals surface area contributed by atoms with Crippen LogP contribution in [0.15, 0.2) is 54.2 Å². The number of nitrogens with one attached hydrogen (secondary N) is 2. The summed E-state index contributed by atoms with van der Waals surface area (Å²) in [6, 6.07) is 5.70. The highest BCUT2D eigenvalue weighted by Crippen LogP contribution is 2.39. The minimum atomic E-state index is -1.34. The minimum absolute atomic E-state index is 0.0226. The number of amides is 4. The summed E-state index contributed by atoms with van der Waals surface area (Å²) < 4.78 is 45.9. The molecule has 4 amide bonds. The first-order chi connectivity index (χ1) is 19.6. The Hall–Kier alpha value is -3.90. The van der Waals surface area contributed by atoms with E-state index in [9.17, 15) is 32.7 Å². The normalized spacial score (nSPS) is 26.8. The first kappa shape index (κ1) is 28.6. The van der Waals surface area contributed by atoms with Crippen molar-refractivity contribution in [3.63, 3.8) is 0 Å². The summed E-state index contributed by atoms with van der Waals surface area (Å²) in [6.07, 6.45) is 4.17. The van der Waals surface area contributed by atoms with Gasteiger partial charge >= 0.3 is 18.0 Å². The van der Waals surface area contributed by atoms with Crippen molar-refractivity contribution >= 4 is 18.0 Å². The number of hydrogen-bond acceptors (Lipinski definition) is 6. The molecule has 3 N–H and O–H groups in total. The first-order valence-electron chi connectivity index (χ1n) is 13.5. The average Bonchev–Trinajstić information content (AvgIpc) is 3.42. The Morgan fingerprint density at radius 3 is 2.41 bits per heavy atom. The van der Waals surface area contributed by atoms with Crippen LogP contribution in [0.25, 0.3) is 0 Å². The van der Waals surface area contributed by atoms with Crippen molar-refractivity contribution in [2.75, 3.05) is 20.2 Å². The van der Waals surface area contributed by atoms with E-state index in [-0.39, 0.29) is 29.0 Å².